The number of hydrogen-bond acceptors (Lipinski definition) is 4. The molecule has 1 atom stereocenters. The standard InChI is InChI=1S/C12H15IN2O3/c1-17-8-4-6-15(7-8)12(16)10-9(13)3-5-14-11(10)18-2/h3,5,8H,4,6-7H2,1-2H3/t8-/m1/s1. The Labute approximate surface area is 120 Å². The van der Waals surface area contributed by atoms with Crippen LogP contribution in [0.15, 0.2) is 12.3 Å². The van der Waals surface area contributed by atoms with Crippen LogP contribution in [0.4, 0.5) is 0 Å². The van der Waals surface area contributed by atoms with Gasteiger partial charge >= 0.3 is 0 Å². The third-order valence-corrected chi connectivity index (χ3v) is 3.94. The molecule has 0 spiro atoms. The van der Waals surface area contributed by atoms with E-state index in [-0.39, 0.29) is 12.0 Å². The average molecular weight is 362 g/mol. The molecule has 18 heavy (non-hydrogen) atoms. The summed E-state index contributed by atoms with van der Waals surface area (Å²) in [5.74, 6) is 0.344. The maximum Gasteiger partial charge on any atom is 0.260 e. The first-order valence-corrected chi connectivity index (χ1v) is 6.75. The van der Waals surface area contributed by atoms with Crippen molar-refractivity contribution in [1.29, 1.82) is 0 Å². The summed E-state index contributed by atoms with van der Waals surface area (Å²) >= 11 is 2.13. The molecular formula is C12H15IN2O3. The number of ether oxygens (including phenoxy) is 2. The van der Waals surface area contributed by atoms with E-state index >= 15 is 0 Å². The molecule has 2 heterocycles. The van der Waals surface area contributed by atoms with Gasteiger partial charge in [0.15, 0.2) is 0 Å². The van der Waals surface area contributed by atoms with Crippen LogP contribution in [0.5, 0.6) is 5.88 Å². The molecule has 0 saturated carbocycles. The van der Waals surface area contributed by atoms with Gasteiger partial charge in [0, 0.05) is 30.0 Å². The molecule has 1 aliphatic heterocycles. The highest BCUT2D eigenvalue weighted by molar-refractivity contribution is 14.1. The lowest BCUT2D eigenvalue weighted by atomic mass is 10.2. The third-order valence-electron chi connectivity index (χ3n) is 3.04. The van der Waals surface area contributed by atoms with Crippen LogP contribution in [0.1, 0.15) is 16.8 Å². The number of likely N-dealkylation sites (tertiary alicyclic amines) is 1. The lowest BCUT2D eigenvalue weighted by Gasteiger charge is -2.18. The first-order chi connectivity index (χ1) is 8.67. The zero-order chi connectivity index (χ0) is 13.1. The Morgan fingerprint density at radius 1 is 1.56 bits per heavy atom. The fourth-order valence-corrected chi connectivity index (χ4v) is 2.65. The maximum atomic E-state index is 12.5. The normalized spacial score (nSPS) is 19.1. The molecule has 1 aromatic rings. The number of carbonyl (C=O) groups excluding carboxylic acids is 1. The fraction of sp³-hybridized carbons (Fsp3) is 0.500. The second-order valence-electron chi connectivity index (χ2n) is 4.07. The topological polar surface area (TPSA) is 51.7 Å². The summed E-state index contributed by atoms with van der Waals surface area (Å²) in [4.78, 5) is 18.3. The summed E-state index contributed by atoms with van der Waals surface area (Å²) in [5, 5.41) is 0. The van der Waals surface area contributed by atoms with Gasteiger partial charge in [-0.25, -0.2) is 4.98 Å². The number of methoxy groups -OCH3 is 2. The van der Waals surface area contributed by atoms with Crippen LogP contribution in [0.3, 0.4) is 0 Å². The predicted molar refractivity (Wildman–Crippen MR) is 74.8 cm³/mol. The molecule has 0 unspecified atom stereocenters. The van der Waals surface area contributed by atoms with Gasteiger partial charge in [-0.2, -0.15) is 0 Å². The molecule has 0 N–H and O–H groups in total. The number of hydrogen-bond donors (Lipinski definition) is 0. The number of amides is 1. The summed E-state index contributed by atoms with van der Waals surface area (Å²) in [5.41, 5.74) is 0.539. The van der Waals surface area contributed by atoms with Crippen molar-refractivity contribution in [3.8, 4) is 5.88 Å². The highest BCUT2D eigenvalue weighted by Gasteiger charge is 2.29. The molecule has 6 heteroatoms. The van der Waals surface area contributed by atoms with Crippen molar-refractivity contribution in [2.75, 3.05) is 27.3 Å². The first-order valence-electron chi connectivity index (χ1n) is 5.68. The van der Waals surface area contributed by atoms with E-state index in [2.05, 4.69) is 27.6 Å². The summed E-state index contributed by atoms with van der Waals surface area (Å²) in [7, 11) is 3.20. The Kier molecular flexibility index (Phi) is 4.39. The van der Waals surface area contributed by atoms with E-state index in [0.717, 1.165) is 9.99 Å². The van der Waals surface area contributed by atoms with E-state index in [0.29, 0.717) is 24.5 Å². The van der Waals surface area contributed by atoms with Crippen molar-refractivity contribution in [2.24, 2.45) is 0 Å². The molecule has 1 aromatic heterocycles. The Hall–Kier alpha value is -0.890. The second-order valence-corrected chi connectivity index (χ2v) is 5.24. The van der Waals surface area contributed by atoms with E-state index < -0.39 is 0 Å². The van der Waals surface area contributed by atoms with Crippen LogP contribution in [-0.4, -0.2) is 49.2 Å². The lowest BCUT2D eigenvalue weighted by molar-refractivity contribution is 0.0719. The number of pyridine rings is 1. The highest BCUT2D eigenvalue weighted by atomic mass is 127. The molecule has 0 bridgehead atoms. The minimum Gasteiger partial charge on any atom is -0.480 e. The fourth-order valence-electron chi connectivity index (χ4n) is 2.03. The van der Waals surface area contributed by atoms with E-state index in [1.54, 1.807) is 24.3 Å². The Morgan fingerprint density at radius 3 is 2.94 bits per heavy atom. The number of carbonyl (C=O) groups is 1. The number of aromatic nitrogens is 1. The van der Waals surface area contributed by atoms with Crippen molar-refractivity contribution < 1.29 is 14.3 Å². The van der Waals surface area contributed by atoms with E-state index in [1.165, 1.54) is 7.11 Å². The van der Waals surface area contributed by atoms with Crippen molar-refractivity contribution in [3.63, 3.8) is 0 Å². The van der Waals surface area contributed by atoms with E-state index in [4.69, 9.17) is 9.47 Å². The number of halogens is 1. The predicted octanol–water partition coefficient (Wildman–Crippen LogP) is 1.56. The average Bonchev–Trinajstić information content (AvgIpc) is 2.86. The van der Waals surface area contributed by atoms with Crippen molar-refractivity contribution in [3.05, 3.63) is 21.4 Å². The SMILES string of the molecule is COc1nccc(I)c1C(=O)N1CC[C@@H](OC)C1. The largest absolute Gasteiger partial charge is 0.480 e. The van der Waals surface area contributed by atoms with Crippen LogP contribution in [0, 0.1) is 3.57 Å². The van der Waals surface area contributed by atoms with Gasteiger partial charge in [-0.1, -0.05) is 0 Å². The zero-order valence-electron chi connectivity index (χ0n) is 10.4. The monoisotopic (exact) mass is 362 g/mol. The highest BCUT2D eigenvalue weighted by Crippen LogP contribution is 2.25. The van der Waals surface area contributed by atoms with Crippen molar-refractivity contribution >= 4 is 28.5 Å². The lowest BCUT2D eigenvalue weighted by Crippen LogP contribution is -2.31. The molecule has 1 aliphatic rings. The number of rotatable bonds is 3. The zero-order valence-corrected chi connectivity index (χ0v) is 12.5. The molecule has 98 valence electrons. The summed E-state index contributed by atoms with van der Waals surface area (Å²) in [6.07, 6.45) is 2.65. The van der Waals surface area contributed by atoms with Crippen LogP contribution >= 0.6 is 22.6 Å². The minimum atomic E-state index is -0.0381. The van der Waals surface area contributed by atoms with Crippen molar-refractivity contribution in [1.82, 2.24) is 9.88 Å². The third kappa shape index (κ3) is 2.59. The van der Waals surface area contributed by atoms with Gasteiger partial charge in [0.2, 0.25) is 5.88 Å². The van der Waals surface area contributed by atoms with Gasteiger partial charge in [0.05, 0.1) is 13.2 Å². The van der Waals surface area contributed by atoms with Gasteiger partial charge in [-0.15, -0.1) is 0 Å². The van der Waals surface area contributed by atoms with Crippen LogP contribution < -0.4 is 4.74 Å². The second kappa shape index (κ2) is 5.83. The summed E-state index contributed by atoms with van der Waals surface area (Å²) < 4.78 is 11.3. The van der Waals surface area contributed by atoms with Gasteiger partial charge in [0.1, 0.15) is 5.56 Å². The van der Waals surface area contributed by atoms with Crippen molar-refractivity contribution in [2.45, 2.75) is 12.5 Å². The molecule has 0 aliphatic carbocycles. The Morgan fingerprint density at radius 2 is 2.33 bits per heavy atom. The van der Waals surface area contributed by atoms with E-state index in [1.807, 2.05) is 0 Å². The summed E-state index contributed by atoms with van der Waals surface area (Å²) in [6, 6.07) is 1.81. The molecule has 0 aromatic carbocycles. The molecular weight excluding hydrogens is 347 g/mol. The molecule has 2 rings (SSSR count). The maximum absolute atomic E-state index is 12.5. The van der Waals surface area contributed by atoms with Crippen LogP contribution in [0.2, 0.25) is 0 Å². The smallest absolute Gasteiger partial charge is 0.260 e. The van der Waals surface area contributed by atoms with Gasteiger partial charge in [0.25, 0.3) is 5.91 Å². The number of nitrogens with zero attached hydrogens (tertiary/aromatic N) is 2. The molecule has 1 fully saturated rings. The van der Waals surface area contributed by atoms with E-state index in [9.17, 15) is 4.79 Å². The molecule has 1 saturated heterocycles. The molecule has 5 nitrogen and oxygen atoms in total. The summed E-state index contributed by atoms with van der Waals surface area (Å²) in [6.45, 7) is 1.34. The van der Waals surface area contributed by atoms with Gasteiger partial charge in [-0.3, -0.25) is 4.79 Å². The van der Waals surface area contributed by atoms with Crippen LogP contribution in [0.25, 0.3) is 0 Å². The minimum absolute atomic E-state index is 0.0381. The quantitative estimate of drug-likeness (QED) is 0.766. The molecule has 1 amide bonds. The van der Waals surface area contributed by atoms with Gasteiger partial charge < -0.3 is 14.4 Å². The molecule has 0 radical (unpaired) electrons. The van der Waals surface area contributed by atoms with Crippen LogP contribution in [-0.2, 0) is 4.74 Å². The Balaban J connectivity index is 2.24. The first kappa shape index (κ1) is 13.5. The van der Waals surface area contributed by atoms with Gasteiger partial charge in [-0.05, 0) is 35.1 Å². The Bertz CT molecular complexity index is 453.